The van der Waals surface area contributed by atoms with Crippen molar-refractivity contribution < 1.29 is 23.4 Å². The normalized spacial score (nSPS) is 11.1. The van der Waals surface area contributed by atoms with Crippen LogP contribution in [0.4, 0.5) is 0 Å². The van der Waals surface area contributed by atoms with Crippen LogP contribution in [-0.2, 0) is 4.79 Å². The molecule has 0 amide bonds. The van der Waals surface area contributed by atoms with E-state index in [9.17, 15) is 9.59 Å². The van der Waals surface area contributed by atoms with Crippen molar-refractivity contribution in [1.29, 1.82) is 0 Å². The molecule has 0 aliphatic carbocycles. The molecule has 0 unspecified atom stereocenters. The summed E-state index contributed by atoms with van der Waals surface area (Å²) in [5, 5.41) is 0.464. The van der Waals surface area contributed by atoms with E-state index in [4.69, 9.17) is 18.6 Å². The van der Waals surface area contributed by atoms with Crippen molar-refractivity contribution in [2.24, 2.45) is 0 Å². The summed E-state index contributed by atoms with van der Waals surface area (Å²) in [6.45, 7) is 8.58. The molecule has 0 aliphatic rings. The van der Waals surface area contributed by atoms with Gasteiger partial charge >= 0.3 is 11.6 Å². The van der Waals surface area contributed by atoms with Gasteiger partial charge in [-0.15, -0.1) is 0 Å². The third-order valence-electron chi connectivity index (χ3n) is 2.76. The number of hydrogen-bond donors (Lipinski definition) is 0. The lowest BCUT2D eigenvalue weighted by Crippen LogP contribution is -2.16. The maximum Gasteiger partial charge on any atom is 0.383 e. The van der Waals surface area contributed by atoms with E-state index in [1.54, 1.807) is 32.0 Å². The van der Waals surface area contributed by atoms with E-state index < -0.39 is 11.6 Å². The molecular formula is C17H20O6. The lowest BCUT2D eigenvalue weighted by molar-refractivity contribution is -0.131. The van der Waals surface area contributed by atoms with Gasteiger partial charge in [0.15, 0.2) is 5.75 Å². The van der Waals surface area contributed by atoms with Crippen LogP contribution >= 0.6 is 0 Å². The number of benzene rings is 1. The smallest absolute Gasteiger partial charge is 0.383 e. The Kier molecular flexibility index (Phi) is 4.93. The molecule has 0 aliphatic heterocycles. The zero-order valence-corrected chi connectivity index (χ0v) is 13.8. The average molecular weight is 320 g/mol. The quantitative estimate of drug-likeness (QED) is 0.621. The second-order valence-corrected chi connectivity index (χ2v) is 5.63. The summed E-state index contributed by atoms with van der Waals surface area (Å²) in [7, 11) is 0. The largest absolute Gasteiger partial charge is 0.491 e. The molecule has 0 saturated heterocycles. The Hall–Kier alpha value is -2.50. The van der Waals surface area contributed by atoms with Crippen molar-refractivity contribution in [3.8, 4) is 17.2 Å². The van der Waals surface area contributed by atoms with Gasteiger partial charge in [-0.25, -0.2) is 4.79 Å². The molecule has 0 saturated carbocycles. The highest BCUT2D eigenvalue weighted by atomic mass is 16.6. The minimum atomic E-state index is -0.704. The summed E-state index contributed by atoms with van der Waals surface area (Å²) in [6.07, 6.45) is -0.288. The molecule has 0 N–H and O–H groups in total. The molecule has 0 spiro atoms. The van der Waals surface area contributed by atoms with Crippen LogP contribution in [0.2, 0.25) is 0 Å². The molecule has 0 atom stereocenters. The van der Waals surface area contributed by atoms with E-state index in [-0.39, 0.29) is 29.3 Å². The molecule has 1 heterocycles. The highest BCUT2D eigenvalue weighted by molar-refractivity contribution is 5.89. The summed E-state index contributed by atoms with van der Waals surface area (Å²) in [6, 6.07) is 4.97. The maximum atomic E-state index is 12.2. The number of carbonyl (C=O) groups excluding carboxylic acids is 1. The van der Waals surface area contributed by atoms with E-state index in [0.29, 0.717) is 11.1 Å². The Morgan fingerprint density at radius 2 is 1.70 bits per heavy atom. The first-order valence-corrected chi connectivity index (χ1v) is 7.40. The molecule has 6 heteroatoms. The highest BCUT2D eigenvalue weighted by Gasteiger charge is 2.21. The van der Waals surface area contributed by atoms with E-state index >= 15 is 0 Å². The first-order chi connectivity index (χ1) is 10.8. The first kappa shape index (κ1) is 16.9. The van der Waals surface area contributed by atoms with Gasteiger partial charge in [0, 0.05) is 13.0 Å². The molecule has 124 valence electrons. The summed E-state index contributed by atoms with van der Waals surface area (Å²) in [5.74, 6) is -0.0382. The molecule has 2 aromatic rings. The topological polar surface area (TPSA) is 75.0 Å². The number of carbonyl (C=O) groups is 1. The molecule has 6 nitrogen and oxygen atoms in total. The molecule has 1 aromatic carbocycles. The van der Waals surface area contributed by atoms with Crippen molar-refractivity contribution in [2.45, 2.75) is 46.8 Å². The van der Waals surface area contributed by atoms with E-state index in [0.717, 1.165) is 0 Å². The van der Waals surface area contributed by atoms with Crippen molar-refractivity contribution >= 4 is 16.9 Å². The van der Waals surface area contributed by atoms with Crippen LogP contribution in [0.5, 0.6) is 17.2 Å². The number of fused-ring (bicyclic) bond motifs is 1. The number of hydrogen-bond acceptors (Lipinski definition) is 6. The van der Waals surface area contributed by atoms with E-state index in [1.165, 1.54) is 6.92 Å². The number of esters is 1. The molecule has 23 heavy (non-hydrogen) atoms. The van der Waals surface area contributed by atoms with Gasteiger partial charge in [-0.1, -0.05) is 0 Å². The van der Waals surface area contributed by atoms with Crippen LogP contribution in [0.3, 0.4) is 0 Å². The van der Waals surface area contributed by atoms with Crippen LogP contribution in [0.15, 0.2) is 27.4 Å². The van der Waals surface area contributed by atoms with Gasteiger partial charge in [-0.3, -0.25) is 4.79 Å². The molecule has 0 bridgehead atoms. The zero-order valence-electron chi connectivity index (χ0n) is 13.8. The Morgan fingerprint density at radius 3 is 2.26 bits per heavy atom. The van der Waals surface area contributed by atoms with Gasteiger partial charge < -0.3 is 18.6 Å². The Balaban J connectivity index is 2.65. The summed E-state index contributed by atoms with van der Waals surface area (Å²) in [4.78, 5) is 23.6. The van der Waals surface area contributed by atoms with Crippen LogP contribution in [-0.4, -0.2) is 18.2 Å². The fourth-order valence-corrected chi connectivity index (χ4v) is 2.06. The lowest BCUT2D eigenvalue weighted by atomic mass is 10.2. The van der Waals surface area contributed by atoms with E-state index in [2.05, 4.69) is 0 Å². The van der Waals surface area contributed by atoms with Gasteiger partial charge in [0.2, 0.25) is 5.75 Å². The lowest BCUT2D eigenvalue weighted by Gasteiger charge is -2.15. The maximum absolute atomic E-state index is 12.2. The fraction of sp³-hybridized carbons (Fsp3) is 0.412. The predicted molar refractivity (Wildman–Crippen MR) is 85.3 cm³/mol. The highest BCUT2D eigenvalue weighted by Crippen LogP contribution is 2.35. The third kappa shape index (κ3) is 4.03. The van der Waals surface area contributed by atoms with Gasteiger partial charge in [0.1, 0.15) is 11.3 Å². The molecule has 0 fully saturated rings. The van der Waals surface area contributed by atoms with Crippen molar-refractivity contribution in [1.82, 2.24) is 0 Å². The van der Waals surface area contributed by atoms with Gasteiger partial charge in [-0.05, 0) is 39.8 Å². The monoisotopic (exact) mass is 320 g/mol. The molecule has 1 aromatic heterocycles. The van der Waals surface area contributed by atoms with Crippen LogP contribution < -0.4 is 19.8 Å². The van der Waals surface area contributed by atoms with Crippen LogP contribution in [0, 0.1) is 0 Å². The SMILES string of the molecule is CC(=O)Oc1c(OC(C)C)c(=O)oc2cc(OC(C)C)ccc12. The number of ether oxygens (including phenoxy) is 3. The standard InChI is InChI=1S/C17H20O6/c1-9(2)20-12-6-7-13-14(8-12)23-17(19)16(21-10(3)4)15(13)22-11(5)18/h6-10H,1-5H3. The second-order valence-electron chi connectivity index (χ2n) is 5.63. The number of rotatable bonds is 5. The van der Waals surface area contributed by atoms with Crippen molar-refractivity contribution in [2.75, 3.05) is 0 Å². The molecule has 2 rings (SSSR count). The average Bonchev–Trinajstić information content (AvgIpc) is 2.41. The minimum absolute atomic E-state index is 0.0179. The minimum Gasteiger partial charge on any atom is -0.491 e. The molecule has 0 radical (unpaired) electrons. The van der Waals surface area contributed by atoms with E-state index in [1.807, 2.05) is 13.8 Å². The van der Waals surface area contributed by atoms with Gasteiger partial charge in [-0.2, -0.15) is 0 Å². The third-order valence-corrected chi connectivity index (χ3v) is 2.76. The Bertz CT molecular complexity index is 772. The predicted octanol–water partition coefficient (Wildman–Crippen LogP) is 3.29. The van der Waals surface area contributed by atoms with Crippen molar-refractivity contribution in [3.05, 3.63) is 28.6 Å². The Morgan fingerprint density at radius 1 is 1.04 bits per heavy atom. The van der Waals surface area contributed by atoms with Crippen molar-refractivity contribution in [3.63, 3.8) is 0 Å². The summed E-state index contributed by atoms with van der Waals surface area (Å²) in [5.41, 5.74) is -0.440. The first-order valence-electron chi connectivity index (χ1n) is 7.40. The van der Waals surface area contributed by atoms with Crippen LogP contribution in [0.1, 0.15) is 34.6 Å². The van der Waals surface area contributed by atoms with Gasteiger partial charge in [0.25, 0.3) is 0 Å². The summed E-state index contributed by atoms with van der Waals surface area (Å²) < 4.78 is 21.5. The second kappa shape index (κ2) is 6.73. The Labute approximate surface area is 134 Å². The van der Waals surface area contributed by atoms with Crippen LogP contribution in [0.25, 0.3) is 11.0 Å². The fourth-order valence-electron chi connectivity index (χ4n) is 2.06. The summed E-state index contributed by atoms with van der Waals surface area (Å²) >= 11 is 0. The van der Waals surface area contributed by atoms with Gasteiger partial charge in [0.05, 0.1) is 17.6 Å². The molecular weight excluding hydrogens is 300 g/mol. The zero-order chi connectivity index (χ0) is 17.1.